The van der Waals surface area contributed by atoms with E-state index in [-0.39, 0.29) is 36.6 Å². The summed E-state index contributed by atoms with van der Waals surface area (Å²) in [4.78, 5) is 17.7. The normalized spacial score (nSPS) is 13.2. The molecule has 3 atom stereocenters. The molecule has 6 heteroatoms. The van der Waals surface area contributed by atoms with Gasteiger partial charge in [0.1, 0.15) is 18.2 Å². The maximum atomic E-state index is 13.7. The zero-order valence-corrected chi connectivity index (χ0v) is 30.7. The van der Waals surface area contributed by atoms with Gasteiger partial charge in [0.2, 0.25) is 0 Å². The Hall–Kier alpha value is -3.48. The first-order valence-electron chi connectivity index (χ1n) is 17.1. The molecule has 0 aliphatic rings. The van der Waals surface area contributed by atoms with Gasteiger partial charge >= 0.3 is 5.97 Å². The highest BCUT2D eigenvalue weighted by molar-refractivity contribution is 5.70. The minimum Gasteiger partial charge on any atom is -1.00 e. The van der Waals surface area contributed by atoms with Crippen LogP contribution in [0.15, 0.2) is 121 Å². The monoisotopic (exact) mass is 672 g/mol. The molecule has 0 fully saturated rings. The van der Waals surface area contributed by atoms with Crippen LogP contribution in [0.2, 0.25) is 0 Å². The molecule has 0 spiro atoms. The summed E-state index contributed by atoms with van der Waals surface area (Å²) >= 11 is 0. The van der Waals surface area contributed by atoms with Crippen LogP contribution in [-0.4, -0.2) is 45.8 Å². The van der Waals surface area contributed by atoms with Crippen molar-refractivity contribution >= 4 is 5.97 Å². The summed E-state index contributed by atoms with van der Waals surface area (Å²) in [6.07, 6.45) is 1.01. The maximum Gasteiger partial charge on any atom is 0.312 e. The SMILES string of the molecule is CC(C)O.CC(C)[NH+](Cc1ccccc1)[C@@H](CC(=O)OC(C)(C)C)[C@H](Cc1ccccc1)N(Cc1ccccc1)Cc1ccccc1.[Cl-]. The molecular weight excluding hydrogens is 616 g/mol. The van der Waals surface area contributed by atoms with E-state index in [1.807, 2.05) is 20.8 Å². The Labute approximate surface area is 296 Å². The van der Waals surface area contributed by atoms with Crippen LogP contribution in [0.25, 0.3) is 0 Å². The molecule has 1 unspecified atom stereocenters. The molecule has 0 bridgehead atoms. The summed E-state index contributed by atoms with van der Waals surface area (Å²) in [6, 6.07) is 43.2. The molecule has 0 amide bonds. The molecule has 0 aromatic heterocycles. The van der Waals surface area contributed by atoms with E-state index in [4.69, 9.17) is 9.84 Å². The Morgan fingerprint density at radius 3 is 1.44 bits per heavy atom. The smallest absolute Gasteiger partial charge is 0.312 e. The number of carbonyl (C=O) groups excluding carboxylic acids is 1. The van der Waals surface area contributed by atoms with Crippen LogP contribution in [0, 0.1) is 0 Å². The Balaban J connectivity index is 0.00000151. The van der Waals surface area contributed by atoms with E-state index in [0.29, 0.717) is 12.5 Å². The van der Waals surface area contributed by atoms with Crippen molar-refractivity contribution in [3.63, 3.8) is 0 Å². The van der Waals surface area contributed by atoms with Gasteiger partial charge < -0.3 is 27.2 Å². The molecule has 0 heterocycles. The number of benzene rings is 4. The van der Waals surface area contributed by atoms with Gasteiger partial charge in [0.25, 0.3) is 0 Å². The van der Waals surface area contributed by atoms with Gasteiger partial charge in [0.05, 0.1) is 18.5 Å². The van der Waals surface area contributed by atoms with E-state index >= 15 is 0 Å². The van der Waals surface area contributed by atoms with Gasteiger partial charge in [0, 0.05) is 24.8 Å². The van der Waals surface area contributed by atoms with Gasteiger partial charge in [0.15, 0.2) is 0 Å². The molecule has 2 N–H and O–H groups in total. The van der Waals surface area contributed by atoms with Crippen molar-refractivity contribution in [2.45, 2.75) is 111 Å². The number of quaternary nitrogens is 1. The molecule has 4 aromatic carbocycles. The quantitative estimate of drug-likeness (QED) is 0.197. The fourth-order valence-electron chi connectivity index (χ4n) is 5.98. The lowest BCUT2D eigenvalue weighted by atomic mass is 9.91. The Morgan fingerprint density at radius 2 is 1.06 bits per heavy atom. The van der Waals surface area contributed by atoms with Crippen LogP contribution < -0.4 is 17.3 Å². The van der Waals surface area contributed by atoms with Gasteiger partial charge in [-0.3, -0.25) is 9.69 Å². The third-order valence-corrected chi connectivity index (χ3v) is 7.95. The number of carbonyl (C=O) groups is 1. The third-order valence-electron chi connectivity index (χ3n) is 7.95. The molecule has 4 aromatic rings. The van der Waals surface area contributed by atoms with Crippen molar-refractivity contribution in [1.29, 1.82) is 0 Å². The average molecular weight is 673 g/mol. The minimum absolute atomic E-state index is 0. The number of rotatable bonds is 14. The Kier molecular flexibility index (Phi) is 17.6. The number of aliphatic hydroxyl groups excluding tert-OH is 1. The van der Waals surface area contributed by atoms with Gasteiger partial charge in [-0.1, -0.05) is 121 Å². The molecule has 0 aliphatic heterocycles. The Morgan fingerprint density at radius 1 is 0.688 bits per heavy atom. The predicted octanol–water partition coefficient (Wildman–Crippen LogP) is 4.29. The lowest BCUT2D eigenvalue weighted by Gasteiger charge is -2.42. The van der Waals surface area contributed by atoms with Gasteiger partial charge in [-0.2, -0.15) is 0 Å². The van der Waals surface area contributed by atoms with Crippen molar-refractivity contribution in [1.82, 2.24) is 4.90 Å². The Bertz CT molecular complexity index is 1370. The number of ether oxygens (including phenoxy) is 1. The largest absolute Gasteiger partial charge is 1.00 e. The van der Waals surface area contributed by atoms with E-state index < -0.39 is 5.60 Å². The lowest BCUT2D eigenvalue weighted by Crippen LogP contribution is -3.19. The van der Waals surface area contributed by atoms with Crippen molar-refractivity contribution in [2.75, 3.05) is 0 Å². The zero-order chi connectivity index (χ0) is 34.2. The van der Waals surface area contributed by atoms with E-state index in [2.05, 4.69) is 140 Å². The summed E-state index contributed by atoms with van der Waals surface area (Å²) in [6.45, 7) is 16.3. The van der Waals surface area contributed by atoms with E-state index in [0.717, 1.165) is 26.1 Å². The van der Waals surface area contributed by atoms with Gasteiger partial charge in [-0.05, 0) is 71.6 Å². The van der Waals surface area contributed by atoms with E-state index in [9.17, 15) is 4.79 Å². The topological polar surface area (TPSA) is 54.2 Å². The third kappa shape index (κ3) is 15.2. The summed E-state index contributed by atoms with van der Waals surface area (Å²) in [5, 5.41) is 8.06. The number of nitrogens with zero attached hydrogens (tertiary/aromatic N) is 1. The van der Waals surface area contributed by atoms with Crippen molar-refractivity contribution in [3.05, 3.63) is 144 Å². The number of hydrogen-bond donors (Lipinski definition) is 2. The second-order valence-electron chi connectivity index (χ2n) is 14.0. The van der Waals surface area contributed by atoms with Crippen LogP contribution in [0.3, 0.4) is 0 Å². The highest BCUT2D eigenvalue weighted by Gasteiger charge is 2.39. The van der Waals surface area contributed by atoms with Crippen molar-refractivity contribution in [3.8, 4) is 0 Å². The van der Waals surface area contributed by atoms with Crippen LogP contribution in [-0.2, 0) is 35.6 Å². The summed E-state index contributed by atoms with van der Waals surface area (Å²) in [5.41, 5.74) is 4.54. The average Bonchev–Trinajstić information content (AvgIpc) is 3.02. The molecular formula is C42H57ClN2O3. The van der Waals surface area contributed by atoms with Crippen LogP contribution in [0.1, 0.15) is 77.1 Å². The summed E-state index contributed by atoms with van der Waals surface area (Å²) in [7, 11) is 0. The van der Waals surface area contributed by atoms with Gasteiger partial charge in [-0.15, -0.1) is 0 Å². The minimum atomic E-state index is -0.540. The predicted molar refractivity (Wildman–Crippen MR) is 194 cm³/mol. The maximum absolute atomic E-state index is 13.7. The second-order valence-corrected chi connectivity index (χ2v) is 14.0. The molecule has 0 aliphatic carbocycles. The van der Waals surface area contributed by atoms with Crippen LogP contribution in [0.5, 0.6) is 0 Å². The molecule has 260 valence electrons. The highest BCUT2D eigenvalue weighted by Crippen LogP contribution is 2.22. The fraction of sp³-hybridized carbons (Fsp3) is 0.405. The zero-order valence-electron chi connectivity index (χ0n) is 30.0. The number of esters is 1. The summed E-state index contributed by atoms with van der Waals surface area (Å²) < 4.78 is 5.99. The standard InChI is InChI=1S/C39H48N2O2.C3H8O.ClH/c1-31(2)41(30-35-24-16-9-17-25-35)37(27-38(42)43-39(3,4)5)36(26-32-18-10-6-11-19-32)40(28-33-20-12-7-13-21-33)29-34-22-14-8-15-23-34;1-3(2)4;/h6-25,31,36-37H,26-30H2,1-5H3;3-4H,1-2H3;1H/t36-,37-;;/m0../s1. The van der Waals surface area contributed by atoms with Crippen LogP contribution >= 0.6 is 0 Å². The molecule has 0 radical (unpaired) electrons. The second kappa shape index (κ2) is 20.8. The van der Waals surface area contributed by atoms with Crippen molar-refractivity contribution < 1.29 is 31.9 Å². The molecule has 4 rings (SSSR count). The number of halogens is 1. The first-order chi connectivity index (χ1) is 22.4. The van der Waals surface area contributed by atoms with Crippen LogP contribution in [0.4, 0.5) is 0 Å². The number of nitrogens with one attached hydrogen (secondary N) is 1. The van der Waals surface area contributed by atoms with Crippen molar-refractivity contribution in [2.24, 2.45) is 0 Å². The summed E-state index contributed by atoms with van der Waals surface area (Å²) in [5.74, 6) is -0.138. The first kappa shape index (κ1) is 40.7. The van der Waals surface area contributed by atoms with E-state index in [1.54, 1.807) is 13.8 Å². The number of aliphatic hydroxyl groups is 1. The fourth-order valence-corrected chi connectivity index (χ4v) is 5.98. The molecule has 48 heavy (non-hydrogen) atoms. The highest BCUT2D eigenvalue weighted by atomic mass is 35.5. The first-order valence-corrected chi connectivity index (χ1v) is 17.1. The molecule has 0 saturated carbocycles. The van der Waals surface area contributed by atoms with E-state index in [1.165, 1.54) is 27.2 Å². The van der Waals surface area contributed by atoms with Gasteiger partial charge in [-0.25, -0.2) is 0 Å². The molecule has 5 nitrogen and oxygen atoms in total. The number of hydrogen-bond acceptors (Lipinski definition) is 4. The lowest BCUT2D eigenvalue weighted by molar-refractivity contribution is -0.961. The molecule has 0 saturated heterocycles.